The van der Waals surface area contributed by atoms with Gasteiger partial charge in [-0.1, -0.05) is 18.5 Å². The van der Waals surface area contributed by atoms with Crippen LogP contribution in [-0.4, -0.2) is 9.55 Å². The molecule has 0 saturated heterocycles. The minimum Gasteiger partial charge on any atom is -0.324 e. The van der Waals surface area contributed by atoms with Crippen LogP contribution in [0, 0.1) is 11.7 Å². The fourth-order valence-corrected chi connectivity index (χ4v) is 2.61. The number of hydrogen-bond acceptors (Lipinski definition) is 1. The zero-order valence-electron chi connectivity index (χ0n) is 9.25. The van der Waals surface area contributed by atoms with Crippen LogP contribution in [0.1, 0.15) is 25.2 Å². The molecule has 90 valence electrons. The molecule has 2 aromatic rings. The predicted molar refractivity (Wildman–Crippen MR) is 67.1 cm³/mol. The Morgan fingerprint density at radius 3 is 2.82 bits per heavy atom. The van der Waals surface area contributed by atoms with Gasteiger partial charge in [-0.15, -0.1) is 11.6 Å². The van der Waals surface area contributed by atoms with Crippen molar-refractivity contribution in [2.45, 2.75) is 25.3 Å². The lowest BCUT2D eigenvalue weighted by Crippen LogP contribution is -2.00. The van der Waals surface area contributed by atoms with Gasteiger partial charge in [-0.3, -0.25) is 0 Å². The minimum atomic E-state index is -0.436. The molecule has 0 bridgehead atoms. The van der Waals surface area contributed by atoms with E-state index in [1.807, 2.05) is 0 Å². The molecule has 1 aromatic carbocycles. The van der Waals surface area contributed by atoms with Crippen LogP contribution in [0.5, 0.6) is 0 Å². The molecule has 17 heavy (non-hydrogen) atoms. The van der Waals surface area contributed by atoms with Gasteiger partial charge in [-0.25, -0.2) is 9.37 Å². The van der Waals surface area contributed by atoms with E-state index in [0.717, 1.165) is 17.8 Å². The number of benzene rings is 1. The molecule has 0 radical (unpaired) electrons. The van der Waals surface area contributed by atoms with Crippen LogP contribution in [0.2, 0.25) is 5.02 Å². The first-order chi connectivity index (χ1) is 8.11. The molecule has 0 amide bonds. The van der Waals surface area contributed by atoms with Gasteiger partial charge in [0.25, 0.3) is 0 Å². The Kier molecular flexibility index (Phi) is 2.56. The van der Waals surface area contributed by atoms with E-state index in [1.165, 1.54) is 6.07 Å². The van der Waals surface area contributed by atoms with Crippen molar-refractivity contribution < 1.29 is 4.39 Å². The number of aromatic nitrogens is 2. The molecule has 0 aliphatic heterocycles. The highest BCUT2D eigenvalue weighted by molar-refractivity contribution is 6.31. The maximum atomic E-state index is 13.4. The third kappa shape index (κ3) is 1.72. The minimum absolute atomic E-state index is 0.132. The summed E-state index contributed by atoms with van der Waals surface area (Å²) in [6.07, 6.45) is 1.12. The molecule has 0 N–H and O–H groups in total. The average Bonchev–Trinajstić information content (AvgIpc) is 2.89. The van der Waals surface area contributed by atoms with Gasteiger partial charge in [-0.2, -0.15) is 0 Å². The van der Waals surface area contributed by atoms with E-state index in [1.54, 1.807) is 6.07 Å². The SMILES string of the molecule is CC1CC1n1c(CCl)nc2cc(F)c(Cl)cc21. The number of rotatable bonds is 2. The molecular weight excluding hydrogens is 262 g/mol. The zero-order chi connectivity index (χ0) is 12.2. The first-order valence-corrected chi connectivity index (χ1v) is 6.45. The van der Waals surface area contributed by atoms with Gasteiger partial charge in [0.05, 0.1) is 21.9 Å². The van der Waals surface area contributed by atoms with Gasteiger partial charge < -0.3 is 4.57 Å². The van der Waals surface area contributed by atoms with Crippen LogP contribution in [0.4, 0.5) is 4.39 Å². The Balaban J connectivity index is 2.26. The Morgan fingerprint density at radius 2 is 2.24 bits per heavy atom. The maximum absolute atomic E-state index is 13.4. The number of fused-ring (bicyclic) bond motifs is 1. The van der Waals surface area contributed by atoms with Crippen LogP contribution >= 0.6 is 23.2 Å². The van der Waals surface area contributed by atoms with E-state index in [2.05, 4.69) is 16.5 Å². The smallest absolute Gasteiger partial charge is 0.144 e. The van der Waals surface area contributed by atoms with Crippen molar-refractivity contribution in [2.75, 3.05) is 0 Å². The van der Waals surface area contributed by atoms with Crippen molar-refractivity contribution in [3.8, 4) is 0 Å². The van der Waals surface area contributed by atoms with Crippen molar-refractivity contribution >= 4 is 34.2 Å². The predicted octanol–water partition coefficient (Wildman–Crippen LogP) is 4.15. The average molecular weight is 273 g/mol. The highest BCUT2D eigenvalue weighted by atomic mass is 35.5. The molecule has 1 aromatic heterocycles. The lowest BCUT2D eigenvalue weighted by atomic mass is 10.3. The summed E-state index contributed by atoms with van der Waals surface area (Å²) in [5.74, 6) is 1.31. The molecule has 1 saturated carbocycles. The standard InChI is InChI=1S/C12H11Cl2FN2/c1-6-2-10(6)17-11-3-7(14)8(15)4-9(11)16-12(17)5-13/h3-4,6,10H,2,5H2,1H3. The molecule has 1 aliphatic carbocycles. The van der Waals surface area contributed by atoms with Gasteiger partial charge in [0.1, 0.15) is 11.6 Å². The Labute approximate surface area is 108 Å². The second kappa shape index (κ2) is 3.85. The molecule has 1 aliphatic rings. The lowest BCUT2D eigenvalue weighted by molar-refractivity contribution is 0.629. The summed E-state index contributed by atoms with van der Waals surface area (Å²) in [6, 6.07) is 3.44. The molecular formula is C12H11Cl2FN2. The second-order valence-corrected chi connectivity index (χ2v) is 5.24. The molecule has 0 spiro atoms. The van der Waals surface area contributed by atoms with Crippen LogP contribution in [0.15, 0.2) is 12.1 Å². The van der Waals surface area contributed by atoms with Crippen LogP contribution < -0.4 is 0 Å². The van der Waals surface area contributed by atoms with Gasteiger partial charge >= 0.3 is 0 Å². The Hall–Kier alpha value is -0.800. The van der Waals surface area contributed by atoms with Gasteiger partial charge in [0.2, 0.25) is 0 Å². The van der Waals surface area contributed by atoms with Crippen molar-refractivity contribution in [1.29, 1.82) is 0 Å². The number of hydrogen-bond donors (Lipinski definition) is 0. The summed E-state index contributed by atoms with van der Waals surface area (Å²) in [7, 11) is 0. The Morgan fingerprint density at radius 1 is 1.53 bits per heavy atom. The summed E-state index contributed by atoms with van der Waals surface area (Å²) in [4.78, 5) is 4.36. The fraction of sp³-hybridized carbons (Fsp3) is 0.417. The van der Waals surface area contributed by atoms with Crippen LogP contribution in [-0.2, 0) is 5.88 Å². The molecule has 3 rings (SSSR count). The van der Waals surface area contributed by atoms with E-state index in [4.69, 9.17) is 23.2 Å². The monoisotopic (exact) mass is 272 g/mol. The van der Waals surface area contributed by atoms with Crippen molar-refractivity contribution in [3.05, 3.63) is 28.8 Å². The first-order valence-electron chi connectivity index (χ1n) is 5.53. The number of nitrogens with zero attached hydrogens (tertiary/aromatic N) is 2. The summed E-state index contributed by atoms with van der Waals surface area (Å²) in [5, 5.41) is 0.132. The normalized spacial score (nSPS) is 23.3. The summed E-state index contributed by atoms with van der Waals surface area (Å²) in [6.45, 7) is 2.18. The third-order valence-corrected chi connectivity index (χ3v) is 3.85. The van der Waals surface area contributed by atoms with E-state index in [-0.39, 0.29) is 5.02 Å². The molecule has 5 heteroatoms. The summed E-state index contributed by atoms with van der Waals surface area (Å²) in [5.41, 5.74) is 1.50. The van der Waals surface area contributed by atoms with Crippen LogP contribution in [0.25, 0.3) is 11.0 Å². The zero-order valence-corrected chi connectivity index (χ0v) is 10.8. The van der Waals surface area contributed by atoms with E-state index in [0.29, 0.717) is 23.4 Å². The van der Waals surface area contributed by atoms with E-state index in [9.17, 15) is 4.39 Å². The number of imidazole rings is 1. The molecule has 2 unspecified atom stereocenters. The molecule has 2 atom stereocenters. The van der Waals surface area contributed by atoms with Crippen LogP contribution in [0.3, 0.4) is 0 Å². The van der Waals surface area contributed by atoms with Crippen molar-refractivity contribution in [2.24, 2.45) is 5.92 Å². The highest BCUT2D eigenvalue weighted by Gasteiger charge is 2.36. The quantitative estimate of drug-likeness (QED) is 0.751. The number of alkyl halides is 1. The van der Waals surface area contributed by atoms with E-state index >= 15 is 0 Å². The topological polar surface area (TPSA) is 17.8 Å². The summed E-state index contributed by atoms with van der Waals surface area (Å²) < 4.78 is 15.5. The second-order valence-electron chi connectivity index (χ2n) is 4.57. The van der Waals surface area contributed by atoms with Crippen molar-refractivity contribution in [1.82, 2.24) is 9.55 Å². The Bertz CT molecular complexity index is 594. The van der Waals surface area contributed by atoms with Gasteiger partial charge in [0, 0.05) is 12.1 Å². The first kappa shape index (κ1) is 11.3. The van der Waals surface area contributed by atoms with Gasteiger partial charge in [-0.05, 0) is 18.4 Å². The molecule has 1 fully saturated rings. The lowest BCUT2D eigenvalue weighted by Gasteiger charge is -2.06. The van der Waals surface area contributed by atoms with Crippen molar-refractivity contribution in [3.63, 3.8) is 0 Å². The molecule has 2 nitrogen and oxygen atoms in total. The highest BCUT2D eigenvalue weighted by Crippen LogP contribution is 2.45. The number of halogens is 3. The largest absolute Gasteiger partial charge is 0.324 e. The maximum Gasteiger partial charge on any atom is 0.144 e. The van der Waals surface area contributed by atoms with Gasteiger partial charge in [0.15, 0.2) is 0 Å². The fourth-order valence-electron chi connectivity index (χ4n) is 2.27. The van der Waals surface area contributed by atoms with E-state index < -0.39 is 5.82 Å². The molecule has 1 heterocycles. The third-order valence-electron chi connectivity index (χ3n) is 3.32. The summed E-state index contributed by atoms with van der Waals surface area (Å²) >= 11 is 11.7.